The van der Waals surface area contributed by atoms with Gasteiger partial charge in [0.2, 0.25) is 0 Å². The molecule has 3 rings (SSSR count). The first-order valence-electron chi connectivity index (χ1n) is 9.61. The molecule has 10 heteroatoms. The smallest absolute Gasteiger partial charge is 0.349 e. The van der Waals surface area contributed by atoms with Gasteiger partial charge in [-0.25, -0.2) is 12.8 Å². The van der Waals surface area contributed by atoms with Crippen molar-refractivity contribution >= 4 is 27.3 Å². The standard InChI is InChI=1S/C21H20ClF4NO3S/c22-16-8-14(9-17(23)11-16)20(28)27-18-6-4-13(5-7-18)12-31(29,30)19-3-1-2-15(10-19)21(24,25)26/h1-3,8-11,13,18H,4-7,12H2,(H,27,28)/t13-,18+. The summed E-state index contributed by atoms with van der Waals surface area (Å²) in [5.74, 6) is -1.58. The Morgan fingerprint density at radius 1 is 1.06 bits per heavy atom. The topological polar surface area (TPSA) is 63.2 Å². The van der Waals surface area contributed by atoms with Gasteiger partial charge < -0.3 is 5.32 Å². The fraction of sp³-hybridized carbons (Fsp3) is 0.381. The van der Waals surface area contributed by atoms with Crippen LogP contribution in [0.2, 0.25) is 5.02 Å². The minimum atomic E-state index is -4.62. The van der Waals surface area contributed by atoms with Gasteiger partial charge in [-0.1, -0.05) is 17.7 Å². The highest BCUT2D eigenvalue weighted by Crippen LogP contribution is 2.32. The van der Waals surface area contributed by atoms with Crippen molar-refractivity contribution in [2.24, 2.45) is 5.92 Å². The lowest BCUT2D eigenvalue weighted by Gasteiger charge is -2.29. The third kappa shape index (κ3) is 6.20. The molecule has 168 valence electrons. The van der Waals surface area contributed by atoms with Gasteiger partial charge in [0.05, 0.1) is 16.2 Å². The van der Waals surface area contributed by atoms with E-state index >= 15 is 0 Å². The molecule has 2 aromatic carbocycles. The van der Waals surface area contributed by atoms with E-state index in [2.05, 4.69) is 5.32 Å². The van der Waals surface area contributed by atoms with Crippen LogP contribution in [0, 0.1) is 11.7 Å². The molecule has 0 atom stereocenters. The van der Waals surface area contributed by atoms with Crippen LogP contribution in [-0.4, -0.2) is 26.1 Å². The number of hydrogen-bond donors (Lipinski definition) is 1. The van der Waals surface area contributed by atoms with Gasteiger partial charge >= 0.3 is 6.18 Å². The number of halogens is 5. The van der Waals surface area contributed by atoms with Crippen molar-refractivity contribution in [2.45, 2.75) is 42.8 Å². The average Bonchev–Trinajstić information content (AvgIpc) is 2.68. The Morgan fingerprint density at radius 3 is 2.35 bits per heavy atom. The van der Waals surface area contributed by atoms with E-state index in [1.807, 2.05) is 0 Å². The quantitative estimate of drug-likeness (QED) is 0.597. The van der Waals surface area contributed by atoms with Crippen LogP contribution >= 0.6 is 11.6 Å². The van der Waals surface area contributed by atoms with Gasteiger partial charge in [-0.3, -0.25) is 4.79 Å². The number of alkyl halides is 3. The van der Waals surface area contributed by atoms with Gasteiger partial charge in [-0.05, 0) is 68.0 Å². The monoisotopic (exact) mass is 477 g/mol. The third-order valence-electron chi connectivity index (χ3n) is 5.28. The van der Waals surface area contributed by atoms with Crippen LogP contribution in [0.3, 0.4) is 0 Å². The van der Waals surface area contributed by atoms with Gasteiger partial charge in [0.15, 0.2) is 9.84 Å². The number of nitrogens with one attached hydrogen (secondary N) is 1. The summed E-state index contributed by atoms with van der Waals surface area (Å²) in [5, 5.41) is 2.90. The summed E-state index contributed by atoms with van der Waals surface area (Å²) in [7, 11) is -3.88. The largest absolute Gasteiger partial charge is 0.416 e. The Hall–Kier alpha value is -2.13. The SMILES string of the molecule is O=C(N[C@H]1CC[C@@H](CS(=O)(=O)c2cccc(C(F)(F)F)c2)CC1)c1cc(F)cc(Cl)c1. The molecule has 1 aliphatic carbocycles. The number of carbonyl (C=O) groups excluding carboxylic acids is 1. The molecule has 0 bridgehead atoms. The number of sulfone groups is 1. The van der Waals surface area contributed by atoms with Crippen LogP contribution < -0.4 is 5.32 Å². The predicted octanol–water partition coefficient (Wildman–Crippen LogP) is 5.26. The first-order valence-corrected chi connectivity index (χ1v) is 11.6. The number of hydrogen-bond acceptors (Lipinski definition) is 3. The number of carbonyl (C=O) groups is 1. The van der Waals surface area contributed by atoms with Crippen molar-refractivity contribution in [3.8, 4) is 0 Å². The Labute approximate surface area is 182 Å². The van der Waals surface area contributed by atoms with Crippen LogP contribution in [0.4, 0.5) is 17.6 Å². The number of rotatable bonds is 5. The summed E-state index contributed by atoms with van der Waals surface area (Å²) in [4.78, 5) is 12.0. The fourth-order valence-corrected chi connectivity index (χ4v) is 5.66. The lowest BCUT2D eigenvalue weighted by molar-refractivity contribution is -0.137. The van der Waals surface area contributed by atoms with E-state index in [1.165, 1.54) is 12.1 Å². The summed E-state index contributed by atoms with van der Waals surface area (Å²) in [6.07, 6.45) is -2.61. The highest BCUT2D eigenvalue weighted by atomic mass is 35.5. The van der Waals surface area contributed by atoms with Crippen LogP contribution in [0.15, 0.2) is 47.4 Å². The number of amides is 1. The highest BCUT2D eigenvalue weighted by Gasteiger charge is 2.33. The van der Waals surface area contributed by atoms with E-state index in [4.69, 9.17) is 11.6 Å². The molecule has 0 unspecified atom stereocenters. The zero-order valence-corrected chi connectivity index (χ0v) is 17.8. The van der Waals surface area contributed by atoms with Gasteiger partial charge in [0.1, 0.15) is 5.82 Å². The Kier molecular flexibility index (Phi) is 6.95. The molecule has 1 saturated carbocycles. The Balaban J connectivity index is 1.58. The van der Waals surface area contributed by atoms with Crippen molar-refractivity contribution in [1.82, 2.24) is 5.32 Å². The van der Waals surface area contributed by atoms with Gasteiger partial charge in [-0.15, -0.1) is 0 Å². The van der Waals surface area contributed by atoms with Crippen molar-refractivity contribution in [2.75, 3.05) is 5.75 Å². The molecule has 2 aromatic rings. The van der Waals surface area contributed by atoms with Gasteiger partial charge in [-0.2, -0.15) is 13.2 Å². The van der Waals surface area contributed by atoms with Gasteiger partial charge in [0, 0.05) is 16.6 Å². The van der Waals surface area contributed by atoms with E-state index in [9.17, 15) is 30.8 Å². The summed E-state index contributed by atoms with van der Waals surface area (Å²) >= 11 is 5.76. The fourth-order valence-electron chi connectivity index (χ4n) is 3.70. The lowest BCUT2D eigenvalue weighted by atomic mass is 9.87. The molecule has 0 aliphatic heterocycles. The molecular weight excluding hydrogens is 458 g/mol. The number of benzene rings is 2. The molecular formula is C21H20ClF4NO3S. The van der Waals surface area contributed by atoms with E-state index in [0.717, 1.165) is 24.3 Å². The third-order valence-corrected chi connectivity index (χ3v) is 7.38. The van der Waals surface area contributed by atoms with Crippen LogP contribution in [-0.2, 0) is 16.0 Å². The zero-order chi connectivity index (χ0) is 22.8. The predicted molar refractivity (Wildman–Crippen MR) is 108 cm³/mol. The van der Waals surface area contributed by atoms with Crippen molar-refractivity contribution < 1.29 is 30.8 Å². The molecule has 4 nitrogen and oxygen atoms in total. The summed E-state index contributed by atoms with van der Waals surface area (Å²) in [6, 6.07) is 7.06. The first-order chi connectivity index (χ1) is 14.4. The highest BCUT2D eigenvalue weighted by molar-refractivity contribution is 7.91. The minimum absolute atomic E-state index is 0.0965. The summed E-state index contributed by atoms with van der Waals surface area (Å²) < 4.78 is 77.2. The van der Waals surface area contributed by atoms with E-state index in [1.54, 1.807) is 0 Å². The molecule has 0 aromatic heterocycles. The summed E-state index contributed by atoms with van der Waals surface area (Å²) in [6.45, 7) is 0. The average molecular weight is 478 g/mol. The van der Waals surface area contributed by atoms with E-state index in [-0.39, 0.29) is 33.2 Å². The zero-order valence-electron chi connectivity index (χ0n) is 16.3. The first kappa shape index (κ1) is 23.5. The van der Waals surface area contributed by atoms with Crippen molar-refractivity contribution in [3.05, 3.63) is 64.4 Å². The van der Waals surface area contributed by atoms with Crippen molar-refractivity contribution in [1.29, 1.82) is 0 Å². The maximum absolute atomic E-state index is 13.4. The Morgan fingerprint density at radius 2 is 1.74 bits per heavy atom. The molecule has 0 radical (unpaired) electrons. The van der Waals surface area contributed by atoms with E-state index in [0.29, 0.717) is 31.7 Å². The van der Waals surface area contributed by atoms with Crippen LogP contribution in [0.5, 0.6) is 0 Å². The molecule has 1 aliphatic rings. The van der Waals surface area contributed by atoms with Crippen LogP contribution in [0.1, 0.15) is 41.6 Å². The summed E-state index contributed by atoms with van der Waals surface area (Å²) in [5.41, 5.74) is -0.906. The second kappa shape index (κ2) is 9.16. The molecule has 1 amide bonds. The van der Waals surface area contributed by atoms with E-state index < -0.39 is 33.3 Å². The van der Waals surface area contributed by atoms with Gasteiger partial charge in [0.25, 0.3) is 5.91 Å². The second-order valence-corrected chi connectivity index (χ2v) is 10.1. The maximum Gasteiger partial charge on any atom is 0.416 e. The molecule has 1 fully saturated rings. The minimum Gasteiger partial charge on any atom is -0.349 e. The van der Waals surface area contributed by atoms with Crippen molar-refractivity contribution in [3.63, 3.8) is 0 Å². The molecule has 0 heterocycles. The maximum atomic E-state index is 13.4. The molecule has 0 saturated heterocycles. The lowest BCUT2D eigenvalue weighted by Crippen LogP contribution is -2.38. The molecule has 0 spiro atoms. The molecule has 31 heavy (non-hydrogen) atoms. The normalized spacial score (nSPS) is 19.8. The second-order valence-electron chi connectivity index (χ2n) is 7.66. The molecule has 1 N–H and O–H groups in total. The van der Waals surface area contributed by atoms with Crippen LogP contribution in [0.25, 0.3) is 0 Å². The Bertz CT molecular complexity index is 1040.